The van der Waals surface area contributed by atoms with Gasteiger partial charge in [-0.25, -0.2) is 14.0 Å². The van der Waals surface area contributed by atoms with Gasteiger partial charge < -0.3 is 29.5 Å². The molecule has 0 aromatic heterocycles. The lowest BCUT2D eigenvalue weighted by molar-refractivity contribution is 0.0683. The van der Waals surface area contributed by atoms with E-state index in [1.165, 1.54) is 43.4 Å². The summed E-state index contributed by atoms with van der Waals surface area (Å²) in [6.45, 7) is 15.7. The second-order valence-electron chi connectivity index (χ2n) is 14.6. The van der Waals surface area contributed by atoms with Gasteiger partial charge >= 0.3 is 11.9 Å². The van der Waals surface area contributed by atoms with Crippen LogP contribution in [0.5, 0.6) is 11.5 Å². The van der Waals surface area contributed by atoms with Crippen molar-refractivity contribution in [3.63, 3.8) is 0 Å². The zero-order valence-electron chi connectivity index (χ0n) is 31.8. The van der Waals surface area contributed by atoms with Crippen LogP contribution in [0.2, 0.25) is 0 Å². The van der Waals surface area contributed by atoms with Gasteiger partial charge in [-0.05, 0) is 153 Å². The third-order valence-electron chi connectivity index (χ3n) is 9.75. The van der Waals surface area contributed by atoms with E-state index < -0.39 is 17.8 Å². The van der Waals surface area contributed by atoms with E-state index >= 15 is 0 Å². The van der Waals surface area contributed by atoms with E-state index in [1.807, 2.05) is 36.1 Å². The molecule has 0 aliphatic heterocycles. The van der Waals surface area contributed by atoms with E-state index in [1.54, 1.807) is 18.2 Å². The first kappa shape index (κ1) is 41.7. The normalized spacial score (nSPS) is 13.4. The lowest BCUT2D eigenvalue weighted by atomic mass is 10.0. The minimum atomic E-state index is -1.26. The number of ether oxygens (including phenoxy) is 2. The van der Waals surface area contributed by atoms with Crippen LogP contribution in [0.3, 0.4) is 0 Å². The summed E-state index contributed by atoms with van der Waals surface area (Å²) >= 11 is 0. The molecular formula is C45H57FN2O6. The maximum Gasteiger partial charge on any atom is 0.338 e. The number of carboxylic acid groups (broad SMARTS) is 2. The molecule has 0 radical (unpaired) electrons. The molecular weight excluding hydrogens is 684 g/mol. The van der Waals surface area contributed by atoms with E-state index in [0.717, 1.165) is 59.8 Å². The fourth-order valence-electron chi connectivity index (χ4n) is 6.21. The van der Waals surface area contributed by atoms with Gasteiger partial charge in [0.15, 0.2) is 0 Å². The molecule has 4 aromatic carbocycles. The summed E-state index contributed by atoms with van der Waals surface area (Å²) in [4.78, 5) is 26.3. The van der Waals surface area contributed by atoms with Crippen LogP contribution >= 0.6 is 0 Å². The monoisotopic (exact) mass is 740 g/mol. The third-order valence-corrected chi connectivity index (χ3v) is 9.75. The Labute approximate surface area is 320 Å². The maximum absolute atomic E-state index is 14.1. The average Bonchev–Trinajstić information content (AvgIpc) is 4.08. The summed E-state index contributed by atoms with van der Waals surface area (Å²) in [6, 6.07) is 23.6. The van der Waals surface area contributed by atoms with Crippen molar-refractivity contribution in [3.8, 4) is 11.5 Å². The molecule has 2 aliphatic rings. The summed E-state index contributed by atoms with van der Waals surface area (Å²) in [5, 5.41) is 18.1. The fourth-order valence-corrected chi connectivity index (χ4v) is 6.21. The van der Waals surface area contributed by atoms with Crippen LogP contribution in [0.15, 0.2) is 78.9 Å². The highest BCUT2D eigenvalue weighted by molar-refractivity contribution is 5.89. The van der Waals surface area contributed by atoms with Crippen molar-refractivity contribution in [1.82, 2.24) is 0 Å². The Balaban J connectivity index is 0.000000236. The van der Waals surface area contributed by atoms with Crippen LogP contribution < -0.4 is 19.3 Å². The second-order valence-corrected chi connectivity index (χ2v) is 14.6. The summed E-state index contributed by atoms with van der Waals surface area (Å²) in [5.74, 6) is 1.08. The molecule has 2 N–H and O–H groups in total. The predicted molar refractivity (Wildman–Crippen MR) is 216 cm³/mol. The molecule has 0 bridgehead atoms. The van der Waals surface area contributed by atoms with Gasteiger partial charge in [0.25, 0.3) is 0 Å². The number of aromatic carboxylic acids is 2. The highest BCUT2D eigenvalue weighted by atomic mass is 19.1. The van der Waals surface area contributed by atoms with Crippen molar-refractivity contribution in [3.05, 3.63) is 107 Å². The maximum atomic E-state index is 14.1. The summed E-state index contributed by atoms with van der Waals surface area (Å²) in [7, 11) is 0. The number of carboxylic acids is 2. The molecule has 8 nitrogen and oxygen atoms in total. The first-order chi connectivity index (χ1) is 25.4. The number of nitrogens with zero attached hydrogens (tertiary/aromatic N) is 2. The van der Waals surface area contributed by atoms with Crippen molar-refractivity contribution in [2.24, 2.45) is 11.8 Å². The van der Waals surface area contributed by atoms with E-state index in [0.29, 0.717) is 35.5 Å². The molecule has 4 aromatic rings. The highest BCUT2D eigenvalue weighted by Crippen LogP contribution is 2.38. The molecule has 6 rings (SSSR count). The number of anilines is 4. The van der Waals surface area contributed by atoms with Gasteiger partial charge in [-0.15, -0.1) is 0 Å². The summed E-state index contributed by atoms with van der Waals surface area (Å²) < 4.78 is 26.2. The molecule has 0 unspecified atom stereocenters. The average molecular weight is 741 g/mol. The van der Waals surface area contributed by atoms with Crippen molar-refractivity contribution >= 4 is 34.7 Å². The topological polar surface area (TPSA) is 99.5 Å². The Hall–Kier alpha value is -5.05. The Morgan fingerprint density at radius 3 is 1.43 bits per heavy atom. The number of benzene rings is 4. The lowest BCUT2D eigenvalue weighted by Gasteiger charge is -2.25. The van der Waals surface area contributed by atoms with E-state index in [4.69, 9.17) is 19.7 Å². The smallest absolute Gasteiger partial charge is 0.338 e. The number of hydrogen-bond donors (Lipinski definition) is 2. The van der Waals surface area contributed by atoms with Gasteiger partial charge in [0.1, 0.15) is 17.3 Å². The van der Waals surface area contributed by atoms with E-state index in [-0.39, 0.29) is 13.0 Å². The Morgan fingerprint density at radius 1 is 0.648 bits per heavy atom. The van der Waals surface area contributed by atoms with Crippen LogP contribution in [0, 0.1) is 17.7 Å². The van der Waals surface area contributed by atoms with E-state index in [2.05, 4.69) is 63.8 Å². The minimum Gasteiger partial charge on any atom is -0.493 e. The molecule has 2 aliphatic carbocycles. The molecule has 2 saturated carbocycles. The van der Waals surface area contributed by atoms with E-state index in [9.17, 15) is 14.0 Å². The van der Waals surface area contributed by atoms with Crippen LogP contribution in [-0.2, 0) is 0 Å². The number of rotatable bonds is 16. The lowest BCUT2D eigenvalue weighted by Crippen LogP contribution is -2.17. The van der Waals surface area contributed by atoms with Crippen LogP contribution in [0.4, 0.5) is 27.1 Å². The summed E-state index contributed by atoms with van der Waals surface area (Å²) in [5.41, 5.74) is 5.96. The Morgan fingerprint density at radius 2 is 1.06 bits per heavy atom. The third kappa shape index (κ3) is 10.8. The molecule has 54 heavy (non-hydrogen) atoms. The van der Waals surface area contributed by atoms with Gasteiger partial charge in [-0.2, -0.15) is 0 Å². The molecule has 0 spiro atoms. The van der Waals surface area contributed by atoms with Gasteiger partial charge in [0, 0.05) is 35.8 Å². The Bertz CT molecular complexity index is 1870. The minimum absolute atomic E-state index is 0. The molecule has 2 fully saturated rings. The fraction of sp³-hybridized carbons (Fsp3) is 0.422. The van der Waals surface area contributed by atoms with Gasteiger partial charge in [-0.3, -0.25) is 0 Å². The molecule has 0 heterocycles. The van der Waals surface area contributed by atoms with Crippen LogP contribution in [0.1, 0.15) is 118 Å². The summed E-state index contributed by atoms with van der Waals surface area (Å²) in [6.07, 6.45) is 5.06. The number of carbonyl (C=O) groups is 2. The quantitative estimate of drug-likeness (QED) is 0.117. The zero-order chi connectivity index (χ0) is 38.2. The molecule has 0 amide bonds. The number of halogens is 1. The van der Waals surface area contributed by atoms with Gasteiger partial charge in [0.2, 0.25) is 0 Å². The zero-order valence-corrected chi connectivity index (χ0v) is 31.8. The largest absolute Gasteiger partial charge is 0.493 e. The molecule has 9 heteroatoms. The highest BCUT2D eigenvalue weighted by Gasteiger charge is 2.24. The van der Waals surface area contributed by atoms with Crippen molar-refractivity contribution in [1.29, 1.82) is 0 Å². The second kappa shape index (κ2) is 18.8. The molecule has 290 valence electrons. The van der Waals surface area contributed by atoms with Crippen molar-refractivity contribution in [2.45, 2.75) is 86.5 Å². The van der Waals surface area contributed by atoms with Crippen LogP contribution in [0.25, 0.3) is 0 Å². The molecule has 0 saturated heterocycles. The first-order valence-corrected chi connectivity index (χ1v) is 18.8. The van der Waals surface area contributed by atoms with Gasteiger partial charge in [-0.1, -0.05) is 35.1 Å². The Kier molecular flexibility index (Phi) is 14.5. The standard InChI is InChI=1S/C22H26FNO3.C22H27NO3.CH4/c1-4-24(17-7-9-18(22(25)26)20(23)12-17)16-8-10-21(19(11-16)14(2)3)27-13-15-5-6-15;1-4-23(18-9-7-17(8-10-18)22(24)25)19-11-12-21(20(13-19)15(2)3)26-14-16-5-6-16;/h7-12,14-15H,4-6,13H2,1-3H3,(H,25,26);7-13,15-16H,4-6,14H2,1-3H3,(H,24,25);1H4. The predicted octanol–water partition coefficient (Wildman–Crippen LogP) is 11.7. The SMILES string of the molecule is C.CCN(c1ccc(C(=O)O)c(F)c1)c1ccc(OCC2CC2)c(C(C)C)c1.CCN(c1ccc(C(=O)O)cc1)c1ccc(OCC2CC2)c(C(C)C)c1. The molecule has 0 atom stereocenters. The van der Waals surface area contributed by atoms with Crippen molar-refractivity contribution in [2.75, 3.05) is 36.1 Å². The van der Waals surface area contributed by atoms with Gasteiger partial charge in [0.05, 0.1) is 24.3 Å². The van der Waals surface area contributed by atoms with Crippen molar-refractivity contribution < 1.29 is 33.7 Å². The van der Waals surface area contributed by atoms with Crippen LogP contribution in [-0.4, -0.2) is 48.5 Å². The number of hydrogen-bond acceptors (Lipinski definition) is 6. The first-order valence-electron chi connectivity index (χ1n) is 18.8.